The molecule has 2 aromatic heterocycles. The van der Waals surface area contributed by atoms with Gasteiger partial charge in [-0.1, -0.05) is 0 Å². The molecule has 0 spiro atoms. The smallest absolute Gasteiger partial charge is 0.107 e. The van der Waals surface area contributed by atoms with Crippen LogP contribution >= 0.6 is 0 Å². The lowest BCUT2D eigenvalue weighted by molar-refractivity contribution is 0.928. The summed E-state index contributed by atoms with van der Waals surface area (Å²) < 4.78 is 0. The Morgan fingerprint density at radius 2 is 2.20 bits per heavy atom. The fourth-order valence-electron chi connectivity index (χ4n) is 2.27. The highest BCUT2D eigenvalue weighted by molar-refractivity contribution is 5.93. The second-order valence-corrected chi connectivity index (χ2v) is 4.80. The number of hydrogen-bond donors (Lipinski definition) is 3. The zero-order valence-electron chi connectivity index (χ0n) is 11.4. The molecular weight excluding hydrogens is 250 g/mol. The predicted octanol–water partition coefficient (Wildman–Crippen LogP) is 2.50. The number of nitrogens with zero attached hydrogens (tertiary/aromatic N) is 2. The van der Waals surface area contributed by atoms with Crippen LogP contribution in [0.15, 0.2) is 36.7 Å². The largest absolute Gasteiger partial charge is 0.399 e. The fourth-order valence-corrected chi connectivity index (χ4v) is 2.27. The first-order valence-electron chi connectivity index (χ1n) is 6.61. The maximum absolute atomic E-state index is 5.87. The summed E-state index contributed by atoms with van der Waals surface area (Å²) in [5.41, 5.74) is 9.62. The predicted molar refractivity (Wildman–Crippen MR) is 81.7 cm³/mol. The summed E-state index contributed by atoms with van der Waals surface area (Å²) in [5, 5.41) is 4.49. The average Bonchev–Trinajstić information content (AvgIpc) is 2.92. The first-order valence-corrected chi connectivity index (χ1v) is 6.61. The molecule has 20 heavy (non-hydrogen) atoms. The van der Waals surface area contributed by atoms with E-state index in [4.69, 9.17) is 5.73 Å². The van der Waals surface area contributed by atoms with Crippen molar-refractivity contribution in [1.82, 2.24) is 15.0 Å². The van der Waals surface area contributed by atoms with E-state index >= 15 is 0 Å². The van der Waals surface area contributed by atoms with Gasteiger partial charge in [0.05, 0.1) is 5.52 Å². The first-order chi connectivity index (χ1) is 9.72. The van der Waals surface area contributed by atoms with Crippen LogP contribution in [0.4, 0.5) is 11.4 Å². The van der Waals surface area contributed by atoms with Gasteiger partial charge in [-0.05, 0) is 31.2 Å². The van der Waals surface area contributed by atoms with Crippen LogP contribution in [0.1, 0.15) is 11.5 Å². The minimum Gasteiger partial charge on any atom is -0.399 e. The van der Waals surface area contributed by atoms with Crippen molar-refractivity contribution in [2.24, 2.45) is 0 Å². The maximum Gasteiger partial charge on any atom is 0.107 e. The SMILES string of the molecule is Cc1cc(NCCc2ncc[nH]2)c2cc(N)ccc2n1. The molecule has 0 aliphatic rings. The van der Waals surface area contributed by atoms with Crippen molar-refractivity contribution >= 4 is 22.3 Å². The number of H-pyrrole nitrogens is 1. The molecule has 3 aromatic rings. The highest BCUT2D eigenvalue weighted by Gasteiger charge is 2.04. The first kappa shape index (κ1) is 12.5. The molecule has 5 nitrogen and oxygen atoms in total. The van der Waals surface area contributed by atoms with Crippen molar-refractivity contribution in [3.63, 3.8) is 0 Å². The van der Waals surface area contributed by atoms with Crippen molar-refractivity contribution < 1.29 is 0 Å². The Kier molecular flexibility index (Phi) is 3.25. The van der Waals surface area contributed by atoms with Crippen LogP contribution in [0.5, 0.6) is 0 Å². The second kappa shape index (κ2) is 5.21. The molecule has 4 N–H and O–H groups in total. The third-order valence-corrected chi connectivity index (χ3v) is 3.19. The van der Waals surface area contributed by atoms with Gasteiger partial charge in [-0.2, -0.15) is 0 Å². The van der Waals surface area contributed by atoms with Gasteiger partial charge in [-0.15, -0.1) is 0 Å². The van der Waals surface area contributed by atoms with Crippen molar-refractivity contribution in [2.75, 3.05) is 17.6 Å². The van der Waals surface area contributed by atoms with Gasteiger partial charge >= 0.3 is 0 Å². The van der Waals surface area contributed by atoms with Crippen molar-refractivity contribution in [1.29, 1.82) is 0 Å². The van der Waals surface area contributed by atoms with E-state index in [-0.39, 0.29) is 0 Å². The minimum absolute atomic E-state index is 0.747. The lowest BCUT2D eigenvalue weighted by Gasteiger charge is -2.10. The standard InChI is InChI=1S/C15H17N5/c1-10-8-14(17-5-4-15-18-6-7-19-15)12-9-11(16)2-3-13(12)20-10/h2-3,6-9H,4-5,16H2,1H3,(H,17,20)(H,18,19). The number of nitrogens with one attached hydrogen (secondary N) is 2. The molecule has 0 fully saturated rings. The molecule has 0 radical (unpaired) electrons. The highest BCUT2D eigenvalue weighted by atomic mass is 14.9. The van der Waals surface area contributed by atoms with Gasteiger partial charge in [0.15, 0.2) is 0 Å². The van der Waals surface area contributed by atoms with Gasteiger partial charge in [-0.3, -0.25) is 4.98 Å². The monoisotopic (exact) mass is 267 g/mol. The molecule has 0 aliphatic carbocycles. The Balaban J connectivity index is 1.84. The number of nitrogens with two attached hydrogens (primary N) is 1. The quantitative estimate of drug-likeness (QED) is 0.634. The summed E-state index contributed by atoms with van der Waals surface area (Å²) >= 11 is 0. The second-order valence-electron chi connectivity index (χ2n) is 4.80. The molecule has 0 aliphatic heterocycles. The van der Waals surface area contributed by atoms with Gasteiger partial charge in [0.25, 0.3) is 0 Å². The topological polar surface area (TPSA) is 79.6 Å². The normalized spacial score (nSPS) is 10.8. The zero-order chi connectivity index (χ0) is 13.9. The number of hydrogen-bond acceptors (Lipinski definition) is 4. The molecule has 0 saturated heterocycles. The molecule has 0 bridgehead atoms. The Morgan fingerprint density at radius 3 is 3.00 bits per heavy atom. The molecule has 5 heteroatoms. The number of aromatic amines is 1. The molecule has 2 heterocycles. The summed E-state index contributed by atoms with van der Waals surface area (Å²) in [6, 6.07) is 7.83. The summed E-state index contributed by atoms with van der Waals surface area (Å²) in [7, 11) is 0. The van der Waals surface area contributed by atoms with Gasteiger partial charge in [0.2, 0.25) is 0 Å². The maximum atomic E-state index is 5.87. The molecule has 3 rings (SSSR count). The van der Waals surface area contributed by atoms with Crippen LogP contribution in [0.25, 0.3) is 10.9 Å². The van der Waals surface area contributed by atoms with Gasteiger partial charge in [-0.25, -0.2) is 4.98 Å². The Hall–Kier alpha value is -2.56. The summed E-state index contributed by atoms with van der Waals surface area (Å²) in [6.07, 6.45) is 4.45. The molecule has 102 valence electrons. The Labute approximate surface area is 117 Å². The number of benzene rings is 1. The number of aryl methyl sites for hydroxylation is 1. The molecule has 0 atom stereocenters. The number of anilines is 2. The third kappa shape index (κ3) is 2.56. The van der Waals surface area contributed by atoms with E-state index in [9.17, 15) is 0 Å². The van der Waals surface area contributed by atoms with Gasteiger partial charge < -0.3 is 16.0 Å². The minimum atomic E-state index is 0.747. The van der Waals surface area contributed by atoms with E-state index in [1.165, 1.54) is 0 Å². The van der Waals surface area contributed by atoms with Crippen LogP contribution in [0.2, 0.25) is 0 Å². The zero-order valence-corrected chi connectivity index (χ0v) is 11.4. The number of fused-ring (bicyclic) bond motifs is 1. The van der Waals surface area contributed by atoms with Crippen LogP contribution in [0.3, 0.4) is 0 Å². The number of aromatic nitrogens is 3. The fraction of sp³-hybridized carbons (Fsp3) is 0.200. The van der Waals surface area contributed by atoms with Crippen molar-refractivity contribution in [3.8, 4) is 0 Å². The molecule has 0 unspecified atom stereocenters. The van der Waals surface area contributed by atoms with E-state index in [2.05, 4.69) is 20.3 Å². The van der Waals surface area contributed by atoms with E-state index in [1.54, 1.807) is 6.20 Å². The van der Waals surface area contributed by atoms with Gasteiger partial charge in [0, 0.05) is 47.8 Å². The molecular formula is C15H17N5. The van der Waals surface area contributed by atoms with E-state index < -0.39 is 0 Å². The van der Waals surface area contributed by atoms with Crippen LogP contribution in [0, 0.1) is 6.92 Å². The summed E-state index contributed by atoms with van der Waals surface area (Å²) in [5.74, 6) is 0.979. The molecule has 0 saturated carbocycles. The molecule has 0 amide bonds. The number of nitrogen functional groups attached to an aromatic ring is 1. The highest BCUT2D eigenvalue weighted by Crippen LogP contribution is 2.25. The lowest BCUT2D eigenvalue weighted by atomic mass is 10.1. The Bertz CT molecular complexity index is 718. The van der Waals surface area contributed by atoms with Crippen molar-refractivity contribution in [3.05, 3.63) is 48.2 Å². The van der Waals surface area contributed by atoms with E-state index in [0.717, 1.165) is 46.8 Å². The lowest BCUT2D eigenvalue weighted by Crippen LogP contribution is -2.07. The third-order valence-electron chi connectivity index (χ3n) is 3.19. The van der Waals surface area contributed by atoms with Crippen LogP contribution < -0.4 is 11.1 Å². The van der Waals surface area contributed by atoms with E-state index in [0.29, 0.717) is 0 Å². The van der Waals surface area contributed by atoms with E-state index in [1.807, 2.05) is 37.4 Å². The average molecular weight is 267 g/mol. The van der Waals surface area contributed by atoms with Crippen molar-refractivity contribution in [2.45, 2.75) is 13.3 Å². The van der Waals surface area contributed by atoms with Crippen LogP contribution in [-0.2, 0) is 6.42 Å². The summed E-state index contributed by atoms with van der Waals surface area (Å²) in [6.45, 7) is 2.80. The summed E-state index contributed by atoms with van der Waals surface area (Å²) in [4.78, 5) is 11.8. The Morgan fingerprint density at radius 1 is 1.30 bits per heavy atom. The number of rotatable bonds is 4. The molecule has 1 aromatic carbocycles. The van der Waals surface area contributed by atoms with Crippen LogP contribution in [-0.4, -0.2) is 21.5 Å². The number of imidazole rings is 1. The number of pyridine rings is 1. The van der Waals surface area contributed by atoms with Gasteiger partial charge in [0.1, 0.15) is 5.82 Å².